The van der Waals surface area contributed by atoms with Crippen LogP contribution in [0.25, 0.3) is 0 Å². The number of nitrogens with one attached hydrogen (secondary N) is 2. The zero-order chi connectivity index (χ0) is 20.6. The lowest BCUT2D eigenvalue weighted by atomic mass is 9.69. The third-order valence-electron chi connectivity index (χ3n) is 5.37. The molecule has 1 unspecified atom stereocenters. The molecule has 6 nitrogen and oxygen atoms in total. The minimum atomic E-state index is -0.232. The molecule has 158 valence electrons. The number of nitrogens with zero attached hydrogens (tertiary/aromatic N) is 2. The molecule has 28 heavy (non-hydrogen) atoms. The normalized spacial score (nSPS) is 17.5. The predicted octanol–water partition coefficient (Wildman–Crippen LogP) is 3.90. The molecular weight excluding hydrogens is 372 g/mol. The average Bonchev–Trinajstić information content (AvgIpc) is 3.06. The summed E-state index contributed by atoms with van der Waals surface area (Å²) in [6.07, 6.45) is 8.71. The molecule has 2 N–H and O–H groups in total. The Hall–Kier alpha value is -1.47. The van der Waals surface area contributed by atoms with E-state index in [4.69, 9.17) is 0 Å². The van der Waals surface area contributed by atoms with Gasteiger partial charge in [-0.2, -0.15) is 0 Å². The monoisotopic (exact) mass is 408 g/mol. The molecule has 1 aromatic rings. The molecule has 1 aromatic heterocycles. The molecule has 1 fully saturated rings. The Labute approximate surface area is 173 Å². The second-order valence-corrected chi connectivity index (χ2v) is 9.85. The molecule has 0 spiro atoms. The Kier molecular flexibility index (Phi) is 8.89. The number of carbonyl (C=O) groups is 2. The molecule has 0 radical (unpaired) electrons. The number of carbonyl (C=O) groups excluding carboxylic acids is 2. The van der Waals surface area contributed by atoms with Gasteiger partial charge in [0.15, 0.2) is 5.13 Å². The fourth-order valence-corrected chi connectivity index (χ4v) is 4.86. The second kappa shape index (κ2) is 10.9. The van der Waals surface area contributed by atoms with Crippen LogP contribution in [0.15, 0.2) is 11.6 Å². The number of likely N-dealkylation sites (N-methyl/N-ethyl adjacent to an activating group) is 1. The van der Waals surface area contributed by atoms with Crippen molar-refractivity contribution >= 4 is 28.3 Å². The van der Waals surface area contributed by atoms with Crippen LogP contribution in [0.4, 0.5) is 5.13 Å². The van der Waals surface area contributed by atoms with Crippen molar-refractivity contribution in [2.75, 3.05) is 26.0 Å². The first kappa shape index (κ1) is 22.8. The van der Waals surface area contributed by atoms with Crippen molar-refractivity contribution in [1.29, 1.82) is 0 Å². The highest BCUT2D eigenvalue weighted by Crippen LogP contribution is 2.42. The van der Waals surface area contributed by atoms with Crippen molar-refractivity contribution in [3.63, 3.8) is 0 Å². The highest BCUT2D eigenvalue weighted by atomic mass is 32.1. The van der Waals surface area contributed by atoms with E-state index < -0.39 is 0 Å². The Bertz CT molecular complexity index is 600. The molecule has 1 aliphatic carbocycles. The van der Waals surface area contributed by atoms with Gasteiger partial charge in [-0.1, -0.05) is 33.1 Å². The molecular formula is C21H36N4O2S. The topological polar surface area (TPSA) is 74.3 Å². The first-order valence-corrected chi connectivity index (χ1v) is 11.3. The Morgan fingerprint density at radius 1 is 1.18 bits per heavy atom. The highest BCUT2D eigenvalue weighted by Gasteiger charge is 2.37. The van der Waals surface area contributed by atoms with E-state index in [2.05, 4.69) is 34.4 Å². The van der Waals surface area contributed by atoms with Crippen molar-refractivity contribution in [1.82, 2.24) is 15.2 Å². The average molecular weight is 409 g/mol. The summed E-state index contributed by atoms with van der Waals surface area (Å²) in [4.78, 5) is 31.8. The Morgan fingerprint density at radius 3 is 2.43 bits per heavy atom. The molecule has 2 amide bonds. The summed E-state index contributed by atoms with van der Waals surface area (Å²) in [6, 6.07) is 0.146. The van der Waals surface area contributed by atoms with Gasteiger partial charge in [-0.15, -0.1) is 11.3 Å². The van der Waals surface area contributed by atoms with E-state index in [1.807, 2.05) is 19.5 Å². The Morgan fingerprint density at radius 2 is 1.86 bits per heavy atom. The standard InChI is InChI=1S/C21H36N4O2S/c1-16(2)12-17(15-25(3)4)23-18(26)13-21(8-6-5-7-9-21)14-19(27)24-20-22-10-11-28-20/h10-11,16-17H,5-9,12-15H2,1-4H3,(H,23,26)(H,22,24,27). The van der Waals surface area contributed by atoms with Crippen LogP contribution in [0.2, 0.25) is 0 Å². The predicted molar refractivity (Wildman–Crippen MR) is 115 cm³/mol. The number of aromatic nitrogens is 1. The van der Waals surface area contributed by atoms with Crippen LogP contribution >= 0.6 is 11.3 Å². The molecule has 1 atom stereocenters. The third-order valence-corrected chi connectivity index (χ3v) is 6.06. The second-order valence-electron chi connectivity index (χ2n) is 8.96. The number of hydrogen-bond acceptors (Lipinski definition) is 5. The molecule has 1 heterocycles. The summed E-state index contributed by atoms with van der Waals surface area (Å²) in [7, 11) is 4.07. The minimum absolute atomic E-state index is 0.0309. The van der Waals surface area contributed by atoms with Gasteiger partial charge >= 0.3 is 0 Å². The highest BCUT2D eigenvalue weighted by molar-refractivity contribution is 7.13. The third kappa shape index (κ3) is 7.87. The lowest BCUT2D eigenvalue weighted by Gasteiger charge is -2.37. The van der Waals surface area contributed by atoms with Gasteiger partial charge in [0.2, 0.25) is 11.8 Å². The van der Waals surface area contributed by atoms with Crippen LogP contribution in [0, 0.1) is 11.3 Å². The quantitative estimate of drug-likeness (QED) is 0.616. The lowest BCUT2D eigenvalue weighted by molar-refractivity contribution is -0.126. The molecule has 1 aliphatic rings. The summed E-state index contributed by atoms with van der Waals surface area (Å²) < 4.78 is 0. The van der Waals surface area contributed by atoms with Crippen molar-refractivity contribution < 1.29 is 9.59 Å². The summed E-state index contributed by atoms with van der Waals surface area (Å²) >= 11 is 1.42. The van der Waals surface area contributed by atoms with Crippen LogP contribution in [0.1, 0.15) is 65.2 Å². The van der Waals surface area contributed by atoms with Gasteiger partial charge in [0.1, 0.15) is 0 Å². The zero-order valence-corrected chi connectivity index (χ0v) is 18.6. The van der Waals surface area contributed by atoms with E-state index in [-0.39, 0.29) is 23.3 Å². The minimum Gasteiger partial charge on any atom is -0.352 e. The van der Waals surface area contributed by atoms with E-state index in [9.17, 15) is 9.59 Å². The van der Waals surface area contributed by atoms with Crippen molar-refractivity contribution in [3.8, 4) is 0 Å². The van der Waals surface area contributed by atoms with E-state index in [1.165, 1.54) is 17.8 Å². The Balaban J connectivity index is 1.99. The smallest absolute Gasteiger partial charge is 0.226 e. The summed E-state index contributed by atoms with van der Waals surface area (Å²) in [6.45, 7) is 5.20. The van der Waals surface area contributed by atoms with Crippen LogP contribution < -0.4 is 10.6 Å². The van der Waals surface area contributed by atoms with Gasteiger partial charge < -0.3 is 15.5 Å². The SMILES string of the molecule is CC(C)CC(CN(C)C)NC(=O)CC1(CC(=O)Nc2nccs2)CCCCC1. The maximum Gasteiger partial charge on any atom is 0.226 e. The van der Waals surface area contributed by atoms with E-state index in [1.54, 1.807) is 6.20 Å². The van der Waals surface area contributed by atoms with Crippen LogP contribution in [0.3, 0.4) is 0 Å². The molecule has 1 saturated carbocycles. The fraction of sp³-hybridized carbons (Fsp3) is 0.762. The van der Waals surface area contributed by atoms with E-state index in [0.29, 0.717) is 23.9 Å². The van der Waals surface area contributed by atoms with Gasteiger partial charge in [-0.25, -0.2) is 4.98 Å². The molecule has 7 heteroatoms. The van der Waals surface area contributed by atoms with Crippen LogP contribution in [-0.2, 0) is 9.59 Å². The van der Waals surface area contributed by atoms with Gasteiger partial charge in [0.05, 0.1) is 0 Å². The number of thiazole rings is 1. The molecule has 0 aliphatic heterocycles. The van der Waals surface area contributed by atoms with E-state index >= 15 is 0 Å². The molecule has 0 aromatic carbocycles. The van der Waals surface area contributed by atoms with Crippen molar-refractivity contribution in [2.24, 2.45) is 11.3 Å². The number of amides is 2. The first-order chi connectivity index (χ1) is 13.3. The van der Waals surface area contributed by atoms with Crippen molar-refractivity contribution in [2.45, 2.75) is 71.3 Å². The van der Waals surface area contributed by atoms with Crippen LogP contribution in [0.5, 0.6) is 0 Å². The lowest BCUT2D eigenvalue weighted by Crippen LogP contribution is -2.45. The van der Waals surface area contributed by atoms with Gasteiger partial charge in [-0.05, 0) is 44.7 Å². The van der Waals surface area contributed by atoms with E-state index in [0.717, 1.165) is 38.6 Å². The van der Waals surface area contributed by atoms with Crippen molar-refractivity contribution in [3.05, 3.63) is 11.6 Å². The summed E-state index contributed by atoms with van der Waals surface area (Å²) in [5.74, 6) is 0.575. The molecule has 0 bridgehead atoms. The van der Waals surface area contributed by atoms with Gasteiger partial charge in [0, 0.05) is 37.0 Å². The zero-order valence-electron chi connectivity index (χ0n) is 17.8. The van der Waals surface area contributed by atoms with Gasteiger partial charge in [0.25, 0.3) is 0 Å². The largest absolute Gasteiger partial charge is 0.352 e. The summed E-state index contributed by atoms with van der Waals surface area (Å²) in [5.41, 5.74) is -0.232. The summed E-state index contributed by atoms with van der Waals surface area (Å²) in [5, 5.41) is 8.61. The molecule has 0 saturated heterocycles. The maximum absolute atomic E-state index is 12.9. The van der Waals surface area contributed by atoms with Gasteiger partial charge in [-0.3, -0.25) is 9.59 Å². The maximum atomic E-state index is 12.9. The van der Waals surface area contributed by atoms with Crippen LogP contribution in [-0.4, -0.2) is 48.4 Å². The number of hydrogen-bond donors (Lipinski definition) is 2. The number of anilines is 1. The first-order valence-electron chi connectivity index (χ1n) is 10.4. The molecule has 2 rings (SSSR count). The number of rotatable bonds is 10. The fourth-order valence-electron chi connectivity index (χ4n) is 4.32.